The van der Waals surface area contributed by atoms with E-state index < -0.39 is 12.0 Å². The van der Waals surface area contributed by atoms with Gasteiger partial charge < -0.3 is 15.2 Å². The summed E-state index contributed by atoms with van der Waals surface area (Å²) in [5.41, 5.74) is 5.47. The van der Waals surface area contributed by atoms with Gasteiger partial charge in [0.05, 0.1) is 13.2 Å². The van der Waals surface area contributed by atoms with Gasteiger partial charge in [0.2, 0.25) is 0 Å². The van der Waals surface area contributed by atoms with Crippen LogP contribution < -0.4 is 5.73 Å². The Morgan fingerprint density at radius 2 is 1.73 bits per heavy atom. The number of esters is 2. The quantitative estimate of drug-likeness (QED) is 0.689. The van der Waals surface area contributed by atoms with Crippen molar-refractivity contribution in [2.75, 3.05) is 13.2 Å². The zero-order valence-electron chi connectivity index (χ0n) is 9.02. The number of nitrogens with two attached hydrogens (primary N) is 1. The molecular formula is C9H18ClNO4. The molecule has 0 aliphatic heterocycles. The molecule has 15 heavy (non-hydrogen) atoms. The molecule has 0 aromatic heterocycles. The molecule has 0 heterocycles. The van der Waals surface area contributed by atoms with Crippen LogP contribution in [0.3, 0.4) is 0 Å². The molecule has 2 N–H and O–H groups in total. The molecule has 0 aliphatic carbocycles. The minimum Gasteiger partial charge on any atom is -0.466 e. The maximum Gasteiger partial charge on any atom is 0.322 e. The summed E-state index contributed by atoms with van der Waals surface area (Å²) < 4.78 is 9.37. The average Bonchev–Trinajstić information content (AvgIpc) is 2.15. The number of carbonyl (C=O) groups is 2. The first-order chi connectivity index (χ1) is 6.61. The molecule has 0 rings (SSSR count). The standard InChI is InChI=1S/C9H17NO4.ClH/c1-3-13-8(11)6-5-7(10)9(12)14-4-2;/h7H,3-6,10H2,1-2H3;1H. The third-order valence-corrected chi connectivity index (χ3v) is 1.55. The van der Waals surface area contributed by atoms with Crippen molar-refractivity contribution in [3.8, 4) is 0 Å². The first-order valence-electron chi connectivity index (χ1n) is 4.69. The summed E-state index contributed by atoms with van der Waals surface area (Å²) >= 11 is 0. The largest absolute Gasteiger partial charge is 0.466 e. The molecule has 0 radical (unpaired) electrons. The minimum atomic E-state index is -0.737. The Morgan fingerprint density at radius 1 is 1.20 bits per heavy atom. The van der Waals surface area contributed by atoms with Crippen LogP contribution >= 0.6 is 12.4 Å². The fourth-order valence-electron chi connectivity index (χ4n) is 0.874. The average molecular weight is 240 g/mol. The van der Waals surface area contributed by atoms with Gasteiger partial charge in [-0.25, -0.2) is 0 Å². The van der Waals surface area contributed by atoms with Gasteiger partial charge in [0.15, 0.2) is 0 Å². The number of hydrogen-bond donors (Lipinski definition) is 1. The zero-order valence-corrected chi connectivity index (χ0v) is 9.84. The van der Waals surface area contributed by atoms with E-state index in [1.54, 1.807) is 13.8 Å². The smallest absolute Gasteiger partial charge is 0.322 e. The van der Waals surface area contributed by atoms with Crippen molar-refractivity contribution in [2.24, 2.45) is 5.73 Å². The highest BCUT2D eigenvalue weighted by atomic mass is 35.5. The minimum absolute atomic E-state index is 0. The first-order valence-corrected chi connectivity index (χ1v) is 4.69. The fraction of sp³-hybridized carbons (Fsp3) is 0.778. The summed E-state index contributed by atoms with van der Waals surface area (Å²) in [6.45, 7) is 4.07. The molecule has 0 spiro atoms. The molecule has 90 valence electrons. The lowest BCUT2D eigenvalue weighted by molar-refractivity contribution is -0.146. The van der Waals surface area contributed by atoms with Crippen LogP contribution in [0.2, 0.25) is 0 Å². The predicted octanol–water partition coefficient (Wildman–Crippen LogP) is 0.642. The van der Waals surface area contributed by atoms with E-state index in [0.29, 0.717) is 13.2 Å². The lowest BCUT2D eigenvalue weighted by Crippen LogP contribution is -2.32. The molecule has 0 aliphatic rings. The highest BCUT2D eigenvalue weighted by Crippen LogP contribution is 1.99. The Kier molecular flexibility index (Phi) is 10.8. The molecule has 0 bridgehead atoms. The van der Waals surface area contributed by atoms with Gasteiger partial charge in [0.25, 0.3) is 0 Å². The van der Waals surface area contributed by atoms with Gasteiger partial charge >= 0.3 is 11.9 Å². The van der Waals surface area contributed by atoms with Crippen molar-refractivity contribution < 1.29 is 19.1 Å². The number of hydrogen-bond acceptors (Lipinski definition) is 5. The van der Waals surface area contributed by atoms with E-state index in [4.69, 9.17) is 5.73 Å². The van der Waals surface area contributed by atoms with E-state index in [2.05, 4.69) is 9.47 Å². The van der Waals surface area contributed by atoms with E-state index >= 15 is 0 Å². The maximum absolute atomic E-state index is 11.0. The van der Waals surface area contributed by atoms with Crippen LogP contribution in [0.15, 0.2) is 0 Å². The van der Waals surface area contributed by atoms with Gasteiger partial charge in [-0.15, -0.1) is 12.4 Å². The zero-order chi connectivity index (χ0) is 11.0. The Balaban J connectivity index is 0. The molecule has 0 saturated heterocycles. The van der Waals surface area contributed by atoms with E-state index in [-0.39, 0.29) is 31.2 Å². The molecule has 0 saturated carbocycles. The third-order valence-electron chi connectivity index (χ3n) is 1.55. The Labute approximate surface area is 95.7 Å². The van der Waals surface area contributed by atoms with Crippen LogP contribution in [0.4, 0.5) is 0 Å². The molecule has 1 unspecified atom stereocenters. The normalized spacial score (nSPS) is 11.1. The predicted molar refractivity (Wildman–Crippen MR) is 57.7 cm³/mol. The maximum atomic E-state index is 11.0. The lowest BCUT2D eigenvalue weighted by atomic mass is 10.2. The second kappa shape index (κ2) is 9.73. The van der Waals surface area contributed by atoms with Gasteiger partial charge in [0.1, 0.15) is 6.04 Å². The molecule has 0 amide bonds. The summed E-state index contributed by atoms with van der Waals surface area (Å²) in [4.78, 5) is 21.9. The molecule has 0 aromatic rings. The number of rotatable bonds is 6. The van der Waals surface area contributed by atoms with Crippen LogP contribution in [-0.2, 0) is 19.1 Å². The van der Waals surface area contributed by atoms with Gasteiger partial charge in [0, 0.05) is 6.42 Å². The van der Waals surface area contributed by atoms with Crippen LogP contribution in [0.5, 0.6) is 0 Å². The highest BCUT2D eigenvalue weighted by molar-refractivity contribution is 5.85. The van der Waals surface area contributed by atoms with Gasteiger partial charge in [-0.2, -0.15) is 0 Å². The Hall–Kier alpha value is -0.810. The van der Waals surface area contributed by atoms with Crippen molar-refractivity contribution in [3.05, 3.63) is 0 Å². The molecule has 0 fully saturated rings. The Morgan fingerprint density at radius 3 is 2.20 bits per heavy atom. The van der Waals surface area contributed by atoms with E-state index in [1.165, 1.54) is 0 Å². The van der Waals surface area contributed by atoms with Crippen LogP contribution in [0.25, 0.3) is 0 Å². The topological polar surface area (TPSA) is 78.6 Å². The third kappa shape index (κ3) is 8.20. The second-order valence-corrected chi connectivity index (χ2v) is 2.70. The second-order valence-electron chi connectivity index (χ2n) is 2.70. The van der Waals surface area contributed by atoms with Crippen LogP contribution in [0.1, 0.15) is 26.7 Å². The summed E-state index contributed by atoms with van der Waals surface area (Å²) in [5.74, 6) is -0.816. The summed E-state index contributed by atoms with van der Waals surface area (Å²) in [6, 6.07) is -0.737. The number of ether oxygens (including phenoxy) is 2. The fourth-order valence-corrected chi connectivity index (χ4v) is 0.874. The molecule has 0 aromatic carbocycles. The van der Waals surface area contributed by atoms with Gasteiger partial charge in [-0.1, -0.05) is 0 Å². The van der Waals surface area contributed by atoms with Crippen molar-refractivity contribution in [3.63, 3.8) is 0 Å². The van der Waals surface area contributed by atoms with Crippen LogP contribution in [-0.4, -0.2) is 31.2 Å². The first kappa shape index (κ1) is 16.6. The molecule has 1 atom stereocenters. The van der Waals surface area contributed by atoms with Crippen LogP contribution in [0, 0.1) is 0 Å². The molecule has 6 heteroatoms. The molecule has 5 nitrogen and oxygen atoms in total. The monoisotopic (exact) mass is 239 g/mol. The number of carbonyl (C=O) groups excluding carboxylic acids is 2. The van der Waals surface area contributed by atoms with E-state index in [1.807, 2.05) is 0 Å². The SMILES string of the molecule is CCOC(=O)CCC(N)C(=O)OCC.Cl. The van der Waals surface area contributed by atoms with Crippen molar-refractivity contribution in [1.29, 1.82) is 0 Å². The highest BCUT2D eigenvalue weighted by Gasteiger charge is 2.16. The summed E-state index contributed by atoms with van der Waals surface area (Å²) in [5, 5.41) is 0. The van der Waals surface area contributed by atoms with E-state index in [9.17, 15) is 9.59 Å². The van der Waals surface area contributed by atoms with Gasteiger partial charge in [-0.05, 0) is 20.3 Å². The van der Waals surface area contributed by atoms with Crippen molar-refractivity contribution in [2.45, 2.75) is 32.7 Å². The molecular weight excluding hydrogens is 222 g/mol. The number of halogens is 1. The Bertz CT molecular complexity index is 199. The summed E-state index contributed by atoms with van der Waals surface area (Å²) in [7, 11) is 0. The van der Waals surface area contributed by atoms with Crippen molar-refractivity contribution in [1.82, 2.24) is 0 Å². The summed E-state index contributed by atoms with van der Waals surface area (Å²) in [6.07, 6.45) is 0.408. The van der Waals surface area contributed by atoms with Crippen molar-refractivity contribution >= 4 is 24.3 Å². The van der Waals surface area contributed by atoms with E-state index in [0.717, 1.165) is 0 Å². The lowest BCUT2D eigenvalue weighted by Gasteiger charge is -2.09. The van der Waals surface area contributed by atoms with Gasteiger partial charge in [-0.3, -0.25) is 9.59 Å².